The van der Waals surface area contributed by atoms with Crippen LogP contribution in [0.4, 0.5) is 5.69 Å². The fourth-order valence-electron chi connectivity index (χ4n) is 5.25. The van der Waals surface area contributed by atoms with Crippen LogP contribution in [-0.2, 0) is 16.0 Å². The summed E-state index contributed by atoms with van der Waals surface area (Å²) in [5, 5.41) is 0.870. The van der Waals surface area contributed by atoms with E-state index in [1.54, 1.807) is 47.7 Å². The van der Waals surface area contributed by atoms with Gasteiger partial charge in [0.1, 0.15) is 16.8 Å². The third-order valence-electron chi connectivity index (χ3n) is 7.48. The number of methoxy groups -OCH3 is 1. The molecule has 5 aromatic rings. The Kier molecular flexibility index (Phi) is 7.54. The molecule has 1 fully saturated rings. The molecule has 6 rings (SSSR count). The average Bonchev–Trinajstić information content (AvgIpc) is 3.57. The van der Waals surface area contributed by atoms with Crippen LogP contribution in [-0.4, -0.2) is 47.3 Å². The van der Waals surface area contributed by atoms with E-state index in [2.05, 4.69) is 13.0 Å². The van der Waals surface area contributed by atoms with E-state index in [9.17, 15) is 14.4 Å². The van der Waals surface area contributed by atoms with Crippen molar-refractivity contribution in [2.75, 3.05) is 18.6 Å². The first-order chi connectivity index (χ1) is 20.4. The summed E-state index contributed by atoms with van der Waals surface area (Å²) >= 11 is 1.60. The van der Waals surface area contributed by atoms with Gasteiger partial charge < -0.3 is 9.64 Å². The van der Waals surface area contributed by atoms with E-state index < -0.39 is 11.9 Å². The molecule has 210 valence electrons. The minimum Gasteiger partial charge on any atom is -0.497 e. The second-order valence-corrected chi connectivity index (χ2v) is 11.3. The number of fused-ring (bicyclic) bond motifs is 1. The molecule has 0 bridgehead atoms. The molecule has 0 radical (unpaired) electrons. The second kappa shape index (κ2) is 11.6. The molecule has 1 unspecified atom stereocenters. The number of aryl methyl sites for hydroxylation is 1. The van der Waals surface area contributed by atoms with Crippen LogP contribution >= 0.6 is 11.3 Å². The highest BCUT2D eigenvalue weighted by molar-refractivity contribution is 7.21. The standard InChI is InChI=1S/C34H29N3O4S/c1-22-11-16-28-30(19-22)42-32(35-28)24-12-14-26(15-13-24)37-31(38)21-29(34(37)40)36(18-17-23-7-4-3-5-8-23)33(39)25-9-6-10-27(20-25)41-2/h3-16,19-20,29H,17-18,21H2,1-2H3. The smallest absolute Gasteiger partial charge is 0.257 e. The molecule has 2 heterocycles. The van der Waals surface area contributed by atoms with Crippen molar-refractivity contribution in [2.45, 2.75) is 25.8 Å². The Labute approximate surface area is 248 Å². The zero-order valence-electron chi connectivity index (χ0n) is 23.3. The molecule has 0 aliphatic carbocycles. The van der Waals surface area contributed by atoms with Crippen molar-refractivity contribution in [1.82, 2.24) is 9.88 Å². The minimum absolute atomic E-state index is 0.0810. The Hall–Kier alpha value is -4.82. The number of imide groups is 1. The number of hydrogen-bond donors (Lipinski definition) is 0. The third kappa shape index (κ3) is 5.41. The van der Waals surface area contributed by atoms with Crippen LogP contribution in [0.5, 0.6) is 5.75 Å². The Morgan fingerprint density at radius 2 is 1.76 bits per heavy atom. The second-order valence-electron chi connectivity index (χ2n) is 10.3. The van der Waals surface area contributed by atoms with Crippen molar-refractivity contribution in [3.05, 3.63) is 114 Å². The van der Waals surface area contributed by atoms with E-state index in [4.69, 9.17) is 9.72 Å². The highest BCUT2D eigenvalue weighted by atomic mass is 32.1. The van der Waals surface area contributed by atoms with Gasteiger partial charge in [-0.15, -0.1) is 11.3 Å². The fourth-order valence-corrected chi connectivity index (χ4v) is 6.32. The number of aromatic nitrogens is 1. The molecule has 0 N–H and O–H groups in total. The molecule has 8 heteroatoms. The lowest BCUT2D eigenvalue weighted by molar-refractivity contribution is -0.122. The maximum atomic E-state index is 13.8. The topological polar surface area (TPSA) is 79.8 Å². The Balaban J connectivity index is 1.26. The van der Waals surface area contributed by atoms with Gasteiger partial charge in [-0.25, -0.2) is 9.88 Å². The fraction of sp³-hybridized carbons (Fsp3) is 0.176. The Morgan fingerprint density at radius 3 is 2.52 bits per heavy atom. The van der Waals surface area contributed by atoms with Crippen LogP contribution < -0.4 is 9.64 Å². The predicted octanol–water partition coefficient (Wildman–Crippen LogP) is 6.30. The van der Waals surface area contributed by atoms with Gasteiger partial charge in [-0.1, -0.05) is 42.5 Å². The summed E-state index contributed by atoms with van der Waals surface area (Å²) in [5.41, 5.74) is 4.94. The van der Waals surface area contributed by atoms with E-state index in [1.807, 2.05) is 54.6 Å². The van der Waals surface area contributed by atoms with E-state index >= 15 is 0 Å². The highest BCUT2D eigenvalue weighted by Crippen LogP contribution is 2.33. The summed E-state index contributed by atoms with van der Waals surface area (Å²) in [6, 6.07) is 29.2. The predicted molar refractivity (Wildman–Crippen MR) is 165 cm³/mol. The summed E-state index contributed by atoms with van der Waals surface area (Å²) in [7, 11) is 1.54. The van der Waals surface area contributed by atoms with Gasteiger partial charge >= 0.3 is 0 Å². The van der Waals surface area contributed by atoms with Gasteiger partial charge in [0, 0.05) is 17.7 Å². The molecule has 1 aliphatic rings. The van der Waals surface area contributed by atoms with Gasteiger partial charge in [0.2, 0.25) is 5.91 Å². The number of benzene rings is 4. The van der Waals surface area contributed by atoms with Crippen molar-refractivity contribution in [2.24, 2.45) is 0 Å². The zero-order valence-corrected chi connectivity index (χ0v) is 24.1. The van der Waals surface area contributed by atoms with Crippen molar-refractivity contribution in [3.8, 4) is 16.3 Å². The van der Waals surface area contributed by atoms with Gasteiger partial charge in [0.25, 0.3) is 11.8 Å². The largest absolute Gasteiger partial charge is 0.497 e. The number of amides is 3. The van der Waals surface area contributed by atoms with E-state index in [0.717, 1.165) is 26.4 Å². The number of carbonyl (C=O) groups is 3. The lowest BCUT2D eigenvalue weighted by atomic mass is 10.1. The Bertz CT molecular complexity index is 1780. The van der Waals surface area contributed by atoms with Crippen molar-refractivity contribution in [1.29, 1.82) is 0 Å². The van der Waals surface area contributed by atoms with Crippen LogP contribution in [0.2, 0.25) is 0 Å². The molecule has 0 spiro atoms. The molecule has 1 saturated heterocycles. The number of ether oxygens (including phenoxy) is 1. The minimum atomic E-state index is -0.910. The number of thiazole rings is 1. The first kappa shape index (κ1) is 27.4. The maximum Gasteiger partial charge on any atom is 0.257 e. The first-order valence-corrected chi connectivity index (χ1v) is 14.6. The van der Waals surface area contributed by atoms with E-state index in [-0.39, 0.29) is 24.8 Å². The molecule has 1 aromatic heterocycles. The van der Waals surface area contributed by atoms with Crippen LogP contribution in [0.15, 0.2) is 97.1 Å². The lowest BCUT2D eigenvalue weighted by Crippen LogP contribution is -2.46. The normalized spacial score (nSPS) is 14.9. The number of anilines is 1. The molecule has 42 heavy (non-hydrogen) atoms. The van der Waals surface area contributed by atoms with Crippen LogP contribution in [0.1, 0.15) is 27.9 Å². The summed E-state index contributed by atoms with van der Waals surface area (Å²) in [6.45, 7) is 2.34. The van der Waals surface area contributed by atoms with Gasteiger partial charge in [-0.05, 0) is 79.1 Å². The molecule has 7 nitrogen and oxygen atoms in total. The first-order valence-electron chi connectivity index (χ1n) is 13.7. The number of rotatable bonds is 8. The summed E-state index contributed by atoms with van der Waals surface area (Å²) < 4.78 is 6.42. The molecule has 4 aromatic carbocycles. The van der Waals surface area contributed by atoms with E-state index in [1.165, 1.54) is 22.5 Å². The molecule has 1 atom stereocenters. The van der Waals surface area contributed by atoms with Crippen LogP contribution in [0, 0.1) is 6.92 Å². The van der Waals surface area contributed by atoms with Crippen molar-refractivity contribution >= 4 is 45.0 Å². The average molecular weight is 576 g/mol. The van der Waals surface area contributed by atoms with Crippen molar-refractivity contribution < 1.29 is 19.1 Å². The third-order valence-corrected chi connectivity index (χ3v) is 8.54. The van der Waals surface area contributed by atoms with Gasteiger partial charge in [0.05, 0.1) is 29.4 Å². The zero-order chi connectivity index (χ0) is 29.2. The van der Waals surface area contributed by atoms with Crippen LogP contribution in [0.3, 0.4) is 0 Å². The Morgan fingerprint density at radius 1 is 0.976 bits per heavy atom. The van der Waals surface area contributed by atoms with E-state index in [0.29, 0.717) is 23.4 Å². The molecule has 1 aliphatic heterocycles. The molecule has 3 amide bonds. The number of hydrogen-bond acceptors (Lipinski definition) is 6. The summed E-state index contributed by atoms with van der Waals surface area (Å²) in [5.74, 6) is -0.522. The van der Waals surface area contributed by atoms with Gasteiger partial charge in [-0.2, -0.15) is 0 Å². The number of nitrogens with zero attached hydrogens (tertiary/aromatic N) is 3. The van der Waals surface area contributed by atoms with Gasteiger partial charge in [0.15, 0.2) is 0 Å². The number of carbonyl (C=O) groups excluding carboxylic acids is 3. The SMILES string of the molecule is COc1cccc(C(=O)N(CCc2ccccc2)C2CC(=O)N(c3ccc(-c4nc5ccc(C)cc5s4)cc3)C2=O)c1. The molecular formula is C34H29N3O4S. The summed E-state index contributed by atoms with van der Waals surface area (Å²) in [4.78, 5) is 48.3. The maximum absolute atomic E-state index is 13.8. The molecular weight excluding hydrogens is 546 g/mol. The van der Waals surface area contributed by atoms with Gasteiger partial charge in [-0.3, -0.25) is 14.4 Å². The molecule has 0 saturated carbocycles. The van der Waals surface area contributed by atoms with Crippen LogP contribution in [0.25, 0.3) is 20.8 Å². The highest BCUT2D eigenvalue weighted by Gasteiger charge is 2.44. The monoisotopic (exact) mass is 575 g/mol. The van der Waals surface area contributed by atoms with Crippen molar-refractivity contribution in [3.63, 3.8) is 0 Å². The lowest BCUT2D eigenvalue weighted by Gasteiger charge is -2.28. The quantitative estimate of drug-likeness (QED) is 0.203. The summed E-state index contributed by atoms with van der Waals surface area (Å²) in [6.07, 6.45) is 0.465.